The second kappa shape index (κ2) is 15.8. The van der Waals surface area contributed by atoms with Gasteiger partial charge in [-0.3, -0.25) is 14.7 Å². The summed E-state index contributed by atoms with van der Waals surface area (Å²) < 4.78 is 19.2. The van der Waals surface area contributed by atoms with Crippen LogP contribution in [0.3, 0.4) is 0 Å². The second-order valence-corrected chi connectivity index (χ2v) is 12.5. The number of carbonyl (C=O) groups excluding carboxylic acids is 2. The minimum absolute atomic E-state index is 0.0717. The van der Waals surface area contributed by atoms with Crippen LogP contribution in [0.2, 0.25) is 0 Å². The molecule has 1 aliphatic rings. The lowest BCUT2D eigenvalue weighted by Gasteiger charge is -2.48. The van der Waals surface area contributed by atoms with Crippen molar-refractivity contribution in [1.29, 1.82) is 0 Å². The number of β-lactam (4-membered cyclic amide) rings is 1. The second-order valence-electron chi connectivity index (χ2n) is 12.5. The number of aromatic amines is 1. The first-order valence-corrected chi connectivity index (χ1v) is 16.1. The lowest BCUT2D eigenvalue weighted by molar-refractivity contribution is -0.164. The Balaban J connectivity index is 1.36. The molecule has 0 aliphatic carbocycles. The molecule has 12 nitrogen and oxygen atoms in total. The van der Waals surface area contributed by atoms with E-state index in [-0.39, 0.29) is 18.4 Å². The van der Waals surface area contributed by atoms with E-state index in [9.17, 15) is 39.5 Å². The Morgan fingerprint density at radius 3 is 2.22 bits per heavy atom. The molecule has 1 fully saturated rings. The molecule has 2 heterocycles. The number of aliphatic hydroxyl groups is 5. The zero-order valence-electron chi connectivity index (χ0n) is 27.0. The van der Waals surface area contributed by atoms with Crippen molar-refractivity contribution in [1.82, 2.24) is 15.2 Å². The lowest BCUT2D eigenvalue weighted by Crippen LogP contribution is -2.55. The maximum atomic E-state index is 13.8. The molecule has 0 saturated carbocycles. The first-order chi connectivity index (χ1) is 23.5. The minimum Gasteiger partial charge on any atom is -0.458 e. The van der Waals surface area contributed by atoms with E-state index in [2.05, 4.69) is 15.2 Å². The molecular weight excluding hydrogens is 635 g/mol. The fourth-order valence-corrected chi connectivity index (χ4v) is 6.24. The summed E-state index contributed by atoms with van der Waals surface area (Å²) >= 11 is 0. The van der Waals surface area contributed by atoms with Gasteiger partial charge in [-0.05, 0) is 65.8 Å². The highest BCUT2D eigenvalue weighted by atomic mass is 19.1. The standard InChI is InChI=1S/C36H41FN4O8/c1-22(44)49-31(25-9-11-27(37)12-10-25)16-15-29-33(26-7-2-24(3-8-26)18-30(45)34(46)36(48,19-42)20-43)41(35(29)47)28-13-4-23(5-14-28)6-17-32-38-21-39-40-32/h2-5,7-14,21,29-31,33-34,42-43,45-46,48H,6,15-20H2,1H3,(H,38,39,40)/t29?,30?,31-,33+,34?/m0/s1. The van der Waals surface area contributed by atoms with E-state index >= 15 is 0 Å². The zero-order valence-corrected chi connectivity index (χ0v) is 27.0. The number of ether oxygens (including phenoxy) is 1. The Morgan fingerprint density at radius 2 is 1.63 bits per heavy atom. The number of nitrogens with one attached hydrogen (secondary N) is 1. The van der Waals surface area contributed by atoms with E-state index < -0.39 is 54.8 Å². The number of esters is 1. The highest BCUT2D eigenvalue weighted by Gasteiger charge is 2.48. The van der Waals surface area contributed by atoms with Gasteiger partial charge in [0.2, 0.25) is 5.91 Å². The maximum Gasteiger partial charge on any atom is 0.303 e. The van der Waals surface area contributed by atoms with Crippen molar-refractivity contribution in [2.75, 3.05) is 18.1 Å². The molecule has 1 aromatic heterocycles. The number of carbonyl (C=O) groups is 2. The molecular formula is C36H41FN4O8. The van der Waals surface area contributed by atoms with Gasteiger partial charge in [-0.15, -0.1) is 0 Å². The van der Waals surface area contributed by atoms with Crippen molar-refractivity contribution >= 4 is 17.6 Å². The topological polar surface area (TPSA) is 189 Å². The molecule has 0 radical (unpaired) electrons. The van der Waals surface area contributed by atoms with Crippen LogP contribution in [0.15, 0.2) is 79.1 Å². The maximum absolute atomic E-state index is 13.8. The predicted molar refractivity (Wildman–Crippen MR) is 175 cm³/mol. The van der Waals surface area contributed by atoms with Crippen molar-refractivity contribution in [3.63, 3.8) is 0 Å². The quantitative estimate of drug-likeness (QED) is 0.0760. The summed E-state index contributed by atoms with van der Waals surface area (Å²) in [5.41, 5.74) is 1.55. The van der Waals surface area contributed by atoms with Gasteiger partial charge in [0, 0.05) is 25.5 Å². The number of nitrogens with zero attached hydrogens (tertiary/aromatic N) is 3. The van der Waals surface area contributed by atoms with Crippen LogP contribution in [0, 0.1) is 11.7 Å². The molecule has 13 heteroatoms. The lowest BCUT2D eigenvalue weighted by atomic mass is 9.78. The number of halogens is 1. The molecule has 0 spiro atoms. The number of aromatic nitrogens is 3. The molecule has 260 valence electrons. The number of hydrogen-bond donors (Lipinski definition) is 6. The highest BCUT2D eigenvalue weighted by molar-refractivity contribution is 6.03. The Hall–Kier alpha value is -4.53. The zero-order chi connectivity index (χ0) is 35.1. The first-order valence-electron chi connectivity index (χ1n) is 16.1. The SMILES string of the molecule is CC(=O)O[C@@H](CCC1C(=O)N(c2ccc(CCc3ncn[nH]3)cc2)[C@@H]1c1ccc(CC(O)C(O)C(O)(CO)CO)cc1)c1ccc(F)cc1. The fraction of sp³-hybridized carbons (Fsp3) is 0.389. The third-order valence-corrected chi connectivity index (χ3v) is 9.06. The van der Waals surface area contributed by atoms with Crippen LogP contribution in [0.5, 0.6) is 0 Å². The van der Waals surface area contributed by atoms with Gasteiger partial charge < -0.3 is 35.2 Å². The van der Waals surface area contributed by atoms with Crippen molar-refractivity contribution in [2.45, 2.75) is 69.0 Å². The van der Waals surface area contributed by atoms with Gasteiger partial charge in [0.05, 0.1) is 31.3 Å². The minimum atomic E-state index is -2.26. The van der Waals surface area contributed by atoms with Crippen LogP contribution in [-0.4, -0.2) is 83.6 Å². The normalized spacial score (nSPS) is 18.1. The Morgan fingerprint density at radius 1 is 0.980 bits per heavy atom. The fourth-order valence-electron chi connectivity index (χ4n) is 6.24. The Bertz CT molecular complexity index is 1660. The van der Waals surface area contributed by atoms with Gasteiger partial charge in [0.25, 0.3) is 0 Å². The molecule has 1 amide bonds. The Kier molecular flexibility index (Phi) is 11.5. The van der Waals surface area contributed by atoms with E-state index in [0.29, 0.717) is 36.1 Å². The Labute approximate surface area is 282 Å². The van der Waals surface area contributed by atoms with E-state index in [1.165, 1.54) is 25.4 Å². The van der Waals surface area contributed by atoms with Gasteiger partial charge in [0.15, 0.2) is 0 Å². The number of aryl methyl sites for hydroxylation is 2. The van der Waals surface area contributed by atoms with Crippen molar-refractivity contribution < 1.29 is 44.2 Å². The van der Waals surface area contributed by atoms with E-state index in [4.69, 9.17) is 4.74 Å². The van der Waals surface area contributed by atoms with E-state index in [1.807, 2.05) is 36.4 Å². The molecule has 3 unspecified atom stereocenters. The number of amides is 1. The molecule has 0 bridgehead atoms. The number of H-pyrrole nitrogens is 1. The van der Waals surface area contributed by atoms with Crippen molar-refractivity contribution in [3.8, 4) is 0 Å². The van der Waals surface area contributed by atoms with Crippen LogP contribution in [0.25, 0.3) is 0 Å². The molecule has 6 N–H and O–H groups in total. The number of rotatable bonds is 16. The molecule has 5 atom stereocenters. The predicted octanol–water partition coefficient (Wildman–Crippen LogP) is 2.50. The molecule has 1 saturated heterocycles. The van der Waals surface area contributed by atoms with Crippen molar-refractivity contribution in [2.24, 2.45) is 5.92 Å². The molecule has 4 aromatic rings. The van der Waals surface area contributed by atoms with Gasteiger partial charge in [-0.2, -0.15) is 5.10 Å². The average molecular weight is 677 g/mol. The highest BCUT2D eigenvalue weighted by Crippen LogP contribution is 2.46. The third kappa shape index (κ3) is 8.38. The summed E-state index contributed by atoms with van der Waals surface area (Å²) in [5.74, 6) is -0.695. The summed E-state index contributed by atoms with van der Waals surface area (Å²) in [6, 6.07) is 20.2. The number of anilines is 1. The van der Waals surface area contributed by atoms with Gasteiger partial charge >= 0.3 is 5.97 Å². The average Bonchev–Trinajstić information content (AvgIpc) is 3.63. The van der Waals surface area contributed by atoms with Gasteiger partial charge in [-0.1, -0.05) is 48.5 Å². The van der Waals surface area contributed by atoms with Crippen LogP contribution in [0.1, 0.15) is 60.0 Å². The summed E-state index contributed by atoms with van der Waals surface area (Å²) in [7, 11) is 0. The molecule has 1 aliphatic heterocycles. The molecule has 5 rings (SSSR count). The molecule has 49 heavy (non-hydrogen) atoms. The summed E-state index contributed by atoms with van der Waals surface area (Å²) in [6.45, 7) is -0.568. The van der Waals surface area contributed by atoms with Gasteiger partial charge in [-0.25, -0.2) is 9.37 Å². The summed E-state index contributed by atoms with van der Waals surface area (Å²) in [6.07, 6.45) is -0.439. The van der Waals surface area contributed by atoms with Crippen LogP contribution >= 0.6 is 0 Å². The summed E-state index contributed by atoms with van der Waals surface area (Å²) in [5, 5.41) is 56.6. The number of hydrogen-bond acceptors (Lipinski definition) is 10. The number of aliphatic hydroxyl groups excluding tert-OH is 4. The number of benzene rings is 3. The van der Waals surface area contributed by atoms with E-state index in [1.54, 1.807) is 29.2 Å². The first kappa shape index (κ1) is 35.8. The summed E-state index contributed by atoms with van der Waals surface area (Å²) in [4.78, 5) is 31.6. The van der Waals surface area contributed by atoms with Crippen LogP contribution in [-0.2, 0) is 33.6 Å². The third-order valence-electron chi connectivity index (χ3n) is 9.06. The monoisotopic (exact) mass is 676 g/mol. The van der Waals surface area contributed by atoms with Crippen molar-refractivity contribution in [3.05, 3.63) is 113 Å². The molecule has 3 aromatic carbocycles. The smallest absolute Gasteiger partial charge is 0.303 e. The largest absolute Gasteiger partial charge is 0.458 e. The van der Waals surface area contributed by atoms with Gasteiger partial charge in [0.1, 0.15) is 35.8 Å². The van der Waals surface area contributed by atoms with Crippen LogP contribution in [0.4, 0.5) is 10.1 Å². The van der Waals surface area contributed by atoms with Crippen LogP contribution < -0.4 is 4.90 Å². The van der Waals surface area contributed by atoms with E-state index in [0.717, 1.165) is 23.4 Å².